The van der Waals surface area contributed by atoms with Gasteiger partial charge >= 0.3 is 19.3 Å². The van der Waals surface area contributed by atoms with Crippen molar-refractivity contribution in [3.63, 3.8) is 0 Å². The molecule has 31 heavy (non-hydrogen) atoms. The summed E-state index contributed by atoms with van der Waals surface area (Å²) in [7, 11) is 1.45. The van der Waals surface area contributed by atoms with Crippen LogP contribution in [0.3, 0.4) is 0 Å². The topological polar surface area (TPSA) is 63.2 Å². The molecule has 0 saturated carbocycles. The molecule has 1 aliphatic heterocycles. The zero-order chi connectivity index (χ0) is 22.7. The van der Waals surface area contributed by atoms with Gasteiger partial charge in [0.2, 0.25) is 0 Å². The Morgan fingerprint density at radius 3 is 2.26 bits per heavy atom. The van der Waals surface area contributed by atoms with Crippen LogP contribution in [0.5, 0.6) is 11.5 Å². The number of ether oxygens (including phenoxy) is 2. The van der Waals surface area contributed by atoms with Crippen LogP contribution in [0, 0.1) is 0 Å². The third kappa shape index (κ3) is 5.27. The molecule has 6 nitrogen and oxygen atoms in total. The molecule has 1 N–H and O–H groups in total. The van der Waals surface area contributed by atoms with Gasteiger partial charge in [-0.2, -0.15) is 22.7 Å². The molecule has 0 radical (unpaired) electrons. The number of alkyl halides is 4. The van der Waals surface area contributed by atoms with Gasteiger partial charge in [0.25, 0.3) is 0 Å². The Labute approximate surface area is 183 Å². The van der Waals surface area contributed by atoms with Gasteiger partial charge in [-0.25, -0.2) is 9.80 Å². The number of halogens is 5. The fourth-order valence-corrected chi connectivity index (χ4v) is 3.48. The third-order valence-corrected chi connectivity index (χ3v) is 5.07. The molecule has 0 bridgehead atoms. The first kappa shape index (κ1) is 22.9. The van der Waals surface area contributed by atoms with Crippen molar-refractivity contribution in [3.8, 4) is 11.5 Å². The fourth-order valence-electron chi connectivity index (χ4n) is 3.21. The summed E-state index contributed by atoms with van der Waals surface area (Å²) in [4.78, 5) is 12.4. The lowest BCUT2D eigenvalue weighted by Gasteiger charge is -2.22. The van der Waals surface area contributed by atoms with E-state index in [2.05, 4.69) is 35.8 Å². The molecule has 3 rings (SSSR count). The van der Waals surface area contributed by atoms with Crippen molar-refractivity contribution in [2.45, 2.75) is 32.6 Å². The minimum atomic E-state index is -3.25. The van der Waals surface area contributed by atoms with Crippen molar-refractivity contribution in [2.75, 3.05) is 7.05 Å². The molecular formula is C20H18BrF4N3O3. The van der Waals surface area contributed by atoms with Crippen molar-refractivity contribution in [2.24, 2.45) is 5.10 Å². The number of hydrazone groups is 1. The molecule has 0 aliphatic carbocycles. The fraction of sp³-hybridized carbons (Fsp3) is 0.300. The Bertz CT molecular complexity index is 986. The second kappa shape index (κ2) is 9.54. The average molecular weight is 504 g/mol. The van der Waals surface area contributed by atoms with Crippen LogP contribution in [0.1, 0.15) is 23.6 Å². The van der Waals surface area contributed by atoms with Crippen molar-refractivity contribution < 1.29 is 31.8 Å². The molecule has 1 aliphatic rings. The molecule has 1 heterocycles. The van der Waals surface area contributed by atoms with E-state index in [0.717, 1.165) is 4.47 Å². The number of amides is 2. The zero-order valence-electron chi connectivity index (χ0n) is 16.4. The summed E-state index contributed by atoms with van der Waals surface area (Å²) in [5.74, 6) is -1.08. The zero-order valence-corrected chi connectivity index (χ0v) is 18.0. The minimum Gasteiger partial charge on any atom is -0.431 e. The Morgan fingerprint density at radius 2 is 1.71 bits per heavy atom. The van der Waals surface area contributed by atoms with Gasteiger partial charge in [0, 0.05) is 22.6 Å². The summed E-state index contributed by atoms with van der Waals surface area (Å²) in [6, 6.07) is 8.40. The molecule has 166 valence electrons. The first-order valence-electron chi connectivity index (χ1n) is 9.12. The standard InChI is InChI=1S/C20H18BrF4N3O3/c1-10-7-12-8-15(30-18(22)23)16(31-19(24)25)9-14(12)17(27-28(10)20(29)26-2)11-3-5-13(21)6-4-11/h3-6,8-10,18-19H,7H2,1-2H3,(H,26,29). The van der Waals surface area contributed by atoms with E-state index in [1.54, 1.807) is 31.2 Å². The second-order valence-electron chi connectivity index (χ2n) is 6.62. The maximum absolute atomic E-state index is 12.9. The van der Waals surface area contributed by atoms with E-state index in [1.807, 2.05) is 0 Å². The highest BCUT2D eigenvalue weighted by Crippen LogP contribution is 2.36. The Morgan fingerprint density at radius 1 is 1.13 bits per heavy atom. The molecule has 2 amide bonds. The predicted octanol–water partition coefficient (Wildman–Crippen LogP) is 4.99. The lowest BCUT2D eigenvalue weighted by atomic mass is 9.94. The van der Waals surface area contributed by atoms with Crippen LogP contribution in [0.15, 0.2) is 46.0 Å². The molecule has 2 aromatic rings. The lowest BCUT2D eigenvalue weighted by molar-refractivity contribution is -0.0692. The van der Waals surface area contributed by atoms with E-state index < -0.39 is 36.8 Å². The van der Waals surface area contributed by atoms with Gasteiger partial charge in [-0.1, -0.05) is 28.1 Å². The van der Waals surface area contributed by atoms with Gasteiger partial charge in [0.05, 0.1) is 11.8 Å². The van der Waals surface area contributed by atoms with Crippen molar-refractivity contribution >= 4 is 27.7 Å². The monoisotopic (exact) mass is 503 g/mol. The van der Waals surface area contributed by atoms with E-state index in [1.165, 1.54) is 24.2 Å². The number of carbonyl (C=O) groups excluding carboxylic acids is 1. The molecule has 0 fully saturated rings. The van der Waals surface area contributed by atoms with Gasteiger partial charge < -0.3 is 14.8 Å². The van der Waals surface area contributed by atoms with Gasteiger partial charge in [-0.05, 0) is 43.2 Å². The van der Waals surface area contributed by atoms with Crippen LogP contribution in [0.4, 0.5) is 22.4 Å². The Balaban J connectivity index is 2.23. The van der Waals surface area contributed by atoms with Gasteiger partial charge in [0.1, 0.15) is 0 Å². The number of fused-ring (bicyclic) bond motifs is 1. The van der Waals surface area contributed by atoms with Crippen LogP contribution in [-0.2, 0) is 6.42 Å². The summed E-state index contributed by atoms with van der Waals surface area (Å²) in [5.41, 5.74) is 1.71. The highest BCUT2D eigenvalue weighted by Gasteiger charge is 2.29. The summed E-state index contributed by atoms with van der Waals surface area (Å²) < 4.78 is 61.2. The number of carbonyl (C=O) groups is 1. The number of hydrogen-bond acceptors (Lipinski definition) is 4. The van der Waals surface area contributed by atoms with Crippen LogP contribution in [0.2, 0.25) is 0 Å². The minimum absolute atomic E-state index is 0.209. The van der Waals surface area contributed by atoms with E-state index >= 15 is 0 Å². The van der Waals surface area contributed by atoms with Crippen LogP contribution >= 0.6 is 15.9 Å². The molecule has 11 heteroatoms. The first-order valence-corrected chi connectivity index (χ1v) is 9.91. The maximum atomic E-state index is 12.9. The average Bonchev–Trinajstić information content (AvgIpc) is 2.83. The SMILES string of the molecule is CNC(=O)N1N=C(c2ccc(Br)cc2)c2cc(OC(F)F)c(OC(F)F)cc2CC1C. The Kier molecular flexibility index (Phi) is 7.04. The van der Waals surface area contributed by atoms with E-state index in [4.69, 9.17) is 0 Å². The maximum Gasteiger partial charge on any atom is 0.387 e. The number of nitrogens with zero attached hydrogens (tertiary/aromatic N) is 2. The van der Waals surface area contributed by atoms with Crippen LogP contribution in [-0.4, -0.2) is 43.1 Å². The number of rotatable bonds is 5. The third-order valence-electron chi connectivity index (χ3n) is 4.54. The predicted molar refractivity (Wildman–Crippen MR) is 109 cm³/mol. The number of hydrogen-bond donors (Lipinski definition) is 1. The van der Waals surface area contributed by atoms with Crippen molar-refractivity contribution in [3.05, 3.63) is 57.6 Å². The molecule has 1 atom stereocenters. The summed E-state index contributed by atoms with van der Waals surface area (Å²) in [5, 5.41) is 8.19. The Hall–Kier alpha value is -2.82. The van der Waals surface area contributed by atoms with Crippen LogP contribution < -0.4 is 14.8 Å². The normalized spacial score (nSPS) is 16.0. The highest BCUT2D eigenvalue weighted by atomic mass is 79.9. The summed E-state index contributed by atoms with van der Waals surface area (Å²) in [6.45, 7) is -4.76. The molecule has 1 unspecified atom stereocenters. The molecule has 0 saturated heterocycles. The first-order chi connectivity index (χ1) is 14.7. The van der Waals surface area contributed by atoms with Gasteiger partial charge in [-0.3, -0.25) is 0 Å². The van der Waals surface area contributed by atoms with E-state index in [9.17, 15) is 22.4 Å². The van der Waals surface area contributed by atoms with Gasteiger partial charge in [-0.15, -0.1) is 0 Å². The smallest absolute Gasteiger partial charge is 0.387 e. The molecule has 0 spiro atoms. The number of nitrogens with one attached hydrogen (secondary N) is 1. The quantitative estimate of drug-likeness (QED) is 0.584. The van der Waals surface area contributed by atoms with E-state index in [0.29, 0.717) is 16.7 Å². The van der Waals surface area contributed by atoms with Crippen LogP contribution in [0.25, 0.3) is 0 Å². The summed E-state index contributed by atoms with van der Waals surface area (Å²) in [6.07, 6.45) is 0.209. The van der Waals surface area contributed by atoms with Crippen molar-refractivity contribution in [1.82, 2.24) is 10.3 Å². The lowest BCUT2D eigenvalue weighted by Crippen LogP contribution is -2.41. The van der Waals surface area contributed by atoms with E-state index in [-0.39, 0.29) is 12.1 Å². The molecule has 2 aromatic carbocycles. The van der Waals surface area contributed by atoms with Gasteiger partial charge in [0.15, 0.2) is 11.5 Å². The second-order valence-corrected chi connectivity index (χ2v) is 7.54. The number of urea groups is 1. The molecular weight excluding hydrogens is 486 g/mol. The number of benzene rings is 2. The summed E-state index contributed by atoms with van der Waals surface area (Å²) >= 11 is 3.34. The molecule has 0 aromatic heterocycles. The largest absolute Gasteiger partial charge is 0.431 e. The van der Waals surface area contributed by atoms with Crippen molar-refractivity contribution in [1.29, 1.82) is 0 Å². The highest BCUT2D eigenvalue weighted by molar-refractivity contribution is 9.10.